The Labute approximate surface area is 116 Å². The zero-order valence-corrected chi connectivity index (χ0v) is 11.2. The number of phenolic OH excluding ortho intramolecular Hbond substituents is 1. The third kappa shape index (κ3) is 3.03. The molecule has 1 heterocycles. The first kappa shape index (κ1) is 14.2. The first-order valence-corrected chi connectivity index (χ1v) is 6.44. The number of hydrogen-bond acceptors (Lipinski definition) is 5. The fraction of sp³-hybridized carbons (Fsp3) is 0.357. The minimum absolute atomic E-state index is 0.0745. The van der Waals surface area contributed by atoms with E-state index < -0.39 is 4.92 Å². The maximum absolute atomic E-state index is 11.9. The molecular formula is C14H16N2O4. The van der Waals surface area contributed by atoms with Gasteiger partial charge in [-0.1, -0.05) is 13.0 Å². The number of Topliss-reactive ketones (excluding diaryl/α,β-unsaturated/α-hetero) is 1. The molecule has 0 aromatic heterocycles. The molecule has 0 spiro atoms. The predicted molar refractivity (Wildman–Crippen MR) is 74.5 cm³/mol. The molecule has 0 saturated carbocycles. The van der Waals surface area contributed by atoms with E-state index in [4.69, 9.17) is 0 Å². The van der Waals surface area contributed by atoms with E-state index in [0.29, 0.717) is 24.1 Å². The molecule has 2 rings (SSSR count). The highest BCUT2D eigenvalue weighted by Gasteiger charge is 2.20. The lowest BCUT2D eigenvalue weighted by atomic mass is 10.00. The number of benzene rings is 1. The van der Waals surface area contributed by atoms with Crippen molar-refractivity contribution in [3.05, 3.63) is 39.4 Å². The van der Waals surface area contributed by atoms with Gasteiger partial charge in [0.25, 0.3) is 0 Å². The van der Waals surface area contributed by atoms with Crippen LogP contribution in [0.2, 0.25) is 0 Å². The first-order valence-electron chi connectivity index (χ1n) is 6.44. The maximum Gasteiger partial charge on any atom is 0.311 e. The molecule has 0 amide bonds. The molecule has 0 radical (unpaired) electrons. The molecule has 1 aromatic carbocycles. The van der Waals surface area contributed by atoms with Gasteiger partial charge in [-0.15, -0.1) is 0 Å². The summed E-state index contributed by atoms with van der Waals surface area (Å²) in [6, 6.07) is 4.11. The Kier molecular flexibility index (Phi) is 4.14. The van der Waals surface area contributed by atoms with Gasteiger partial charge in [0.2, 0.25) is 0 Å². The van der Waals surface area contributed by atoms with Gasteiger partial charge in [-0.05, 0) is 24.3 Å². The molecule has 0 unspecified atom stereocenters. The number of rotatable bonds is 3. The lowest BCUT2D eigenvalue weighted by molar-refractivity contribution is -0.385. The van der Waals surface area contributed by atoms with Crippen LogP contribution in [0.15, 0.2) is 23.8 Å². The van der Waals surface area contributed by atoms with Gasteiger partial charge in [-0.3, -0.25) is 19.8 Å². The second-order valence-corrected chi connectivity index (χ2v) is 4.72. The normalized spacial score (nSPS) is 18.4. The molecular weight excluding hydrogens is 260 g/mol. The number of nitrogens with zero attached hydrogens (tertiary/aromatic N) is 2. The van der Waals surface area contributed by atoms with E-state index in [9.17, 15) is 20.0 Å². The van der Waals surface area contributed by atoms with Crippen LogP contribution >= 0.6 is 0 Å². The van der Waals surface area contributed by atoms with Gasteiger partial charge in [0.1, 0.15) is 0 Å². The summed E-state index contributed by atoms with van der Waals surface area (Å²) in [7, 11) is 0. The van der Waals surface area contributed by atoms with Crippen LogP contribution in [0.25, 0.3) is 6.08 Å². The molecule has 0 atom stereocenters. The van der Waals surface area contributed by atoms with Crippen LogP contribution in [0, 0.1) is 10.1 Å². The van der Waals surface area contributed by atoms with Crippen LogP contribution in [0.5, 0.6) is 5.75 Å². The molecule has 0 bridgehead atoms. The van der Waals surface area contributed by atoms with Crippen LogP contribution in [-0.4, -0.2) is 40.3 Å². The average molecular weight is 276 g/mol. The molecule has 6 heteroatoms. The Hall–Kier alpha value is -2.21. The summed E-state index contributed by atoms with van der Waals surface area (Å²) < 4.78 is 0. The lowest BCUT2D eigenvalue weighted by Crippen LogP contribution is -2.35. The van der Waals surface area contributed by atoms with E-state index in [1.807, 2.05) is 6.92 Å². The second-order valence-electron chi connectivity index (χ2n) is 4.72. The summed E-state index contributed by atoms with van der Waals surface area (Å²) in [6.07, 6.45) is 2.14. The topological polar surface area (TPSA) is 83.7 Å². The molecule has 1 fully saturated rings. The number of likely N-dealkylation sites (tertiary alicyclic amines) is 1. The molecule has 1 saturated heterocycles. The lowest BCUT2D eigenvalue weighted by Gasteiger charge is -2.26. The molecule has 20 heavy (non-hydrogen) atoms. The number of hydrogen-bond donors (Lipinski definition) is 1. The van der Waals surface area contributed by atoms with Crippen LogP contribution in [0.4, 0.5) is 5.69 Å². The zero-order chi connectivity index (χ0) is 14.7. The molecule has 1 aliphatic heterocycles. The van der Waals surface area contributed by atoms with Crippen LogP contribution in [0.3, 0.4) is 0 Å². The van der Waals surface area contributed by atoms with E-state index in [-0.39, 0.29) is 17.2 Å². The fourth-order valence-electron chi connectivity index (χ4n) is 2.20. The predicted octanol–water partition coefficient (Wildman–Crippen LogP) is 1.98. The first-order chi connectivity index (χ1) is 9.51. The largest absolute Gasteiger partial charge is 0.502 e. The monoisotopic (exact) mass is 276 g/mol. The quantitative estimate of drug-likeness (QED) is 0.518. The summed E-state index contributed by atoms with van der Waals surface area (Å²) >= 11 is 0. The number of phenols is 1. The third-order valence-electron chi connectivity index (χ3n) is 3.39. The van der Waals surface area contributed by atoms with E-state index in [2.05, 4.69) is 4.90 Å². The highest BCUT2D eigenvalue weighted by atomic mass is 16.6. The van der Waals surface area contributed by atoms with Crippen molar-refractivity contribution < 1.29 is 14.8 Å². The molecule has 1 aromatic rings. The Morgan fingerprint density at radius 2 is 2.25 bits per heavy atom. The standard InChI is InChI=1S/C14H16N2O4/c1-2-15-6-5-13(17)11(9-15)7-10-3-4-14(18)12(8-10)16(19)20/h3-4,7-8,18H,2,5-6,9H2,1H3/b11-7+. The average Bonchev–Trinajstić information content (AvgIpc) is 2.43. The summed E-state index contributed by atoms with van der Waals surface area (Å²) in [5, 5.41) is 20.2. The van der Waals surface area contributed by atoms with Crippen molar-refractivity contribution in [3.8, 4) is 5.75 Å². The van der Waals surface area contributed by atoms with Gasteiger partial charge in [0.15, 0.2) is 11.5 Å². The van der Waals surface area contributed by atoms with Crippen molar-refractivity contribution >= 4 is 17.5 Å². The van der Waals surface area contributed by atoms with Crippen molar-refractivity contribution in [2.75, 3.05) is 19.6 Å². The Bertz CT molecular complexity index is 581. The second kappa shape index (κ2) is 5.83. The Morgan fingerprint density at radius 1 is 1.50 bits per heavy atom. The minimum atomic E-state index is -0.640. The number of carbonyl (C=O) groups excluding carboxylic acids is 1. The number of nitro groups is 1. The smallest absolute Gasteiger partial charge is 0.311 e. The van der Waals surface area contributed by atoms with E-state index in [0.717, 1.165) is 13.1 Å². The molecule has 0 aliphatic carbocycles. The number of carbonyl (C=O) groups is 1. The minimum Gasteiger partial charge on any atom is -0.502 e. The van der Waals surface area contributed by atoms with Gasteiger partial charge in [-0.2, -0.15) is 0 Å². The molecule has 1 aliphatic rings. The van der Waals surface area contributed by atoms with Crippen LogP contribution in [-0.2, 0) is 4.79 Å². The highest BCUT2D eigenvalue weighted by molar-refractivity contribution is 6.00. The van der Waals surface area contributed by atoms with E-state index in [1.165, 1.54) is 12.1 Å². The van der Waals surface area contributed by atoms with E-state index in [1.54, 1.807) is 12.1 Å². The van der Waals surface area contributed by atoms with Gasteiger partial charge in [-0.25, -0.2) is 0 Å². The highest BCUT2D eigenvalue weighted by Crippen LogP contribution is 2.27. The Morgan fingerprint density at radius 3 is 2.90 bits per heavy atom. The summed E-state index contributed by atoms with van der Waals surface area (Å²) in [6.45, 7) is 4.20. The molecule has 106 valence electrons. The van der Waals surface area contributed by atoms with Crippen molar-refractivity contribution in [1.82, 2.24) is 4.90 Å². The van der Waals surface area contributed by atoms with E-state index >= 15 is 0 Å². The molecule has 6 nitrogen and oxygen atoms in total. The van der Waals surface area contributed by atoms with Gasteiger partial charge < -0.3 is 5.11 Å². The van der Waals surface area contributed by atoms with Gasteiger partial charge >= 0.3 is 5.69 Å². The SMILES string of the molecule is CCN1CCC(=O)/C(=C/c2ccc(O)c([N+](=O)[O-])c2)C1. The van der Waals surface area contributed by atoms with Crippen LogP contribution in [0.1, 0.15) is 18.9 Å². The van der Waals surface area contributed by atoms with Crippen molar-refractivity contribution in [2.45, 2.75) is 13.3 Å². The number of ketones is 1. The molecule has 1 N–H and O–H groups in total. The van der Waals surface area contributed by atoms with Crippen LogP contribution < -0.4 is 0 Å². The summed E-state index contributed by atoms with van der Waals surface area (Å²) in [4.78, 5) is 24.1. The summed E-state index contributed by atoms with van der Waals surface area (Å²) in [5.74, 6) is -0.298. The number of nitro benzene ring substituents is 1. The third-order valence-corrected chi connectivity index (χ3v) is 3.39. The zero-order valence-electron chi connectivity index (χ0n) is 11.2. The number of likely N-dealkylation sites (N-methyl/N-ethyl adjacent to an activating group) is 1. The summed E-state index contributed by atoms with van der Waals surface area (Å²) in [5.41, 5.74) is 0.851. The maximum atomic E-state index is 11.9. The fourth-order valence-corrected chi connectivity index (χ4v) is 2.20. The number of aromatic hydroxyl groups is 1. The van der Waals surface area contributed by atoms with Crippen molar-refractivity contribution in [1.29, 1.82) is 0 Å². The number of piperidine rings is 1. The van der Waals surface area contributed by atoms with Gasteiger partial charge in [0, 0.05) is 31.1 Å². The van der Waals surface area contributed by atoms with Gasteiger partial charge in [0.05, 0.1) is 4.92 Å². The van der Waals surface area contributed by atoms with Crippen molar-refractivity contribution in [2.24, 2.45) is 0 Å². The Balaban J connectivity index is 2.31. The van der Waals surface area contributed by atoms with Crippen molar-refractivity contribution in [3.63, 3.8) is 0 Å².